The zero-order valence-electron chi connectivity index (χ0n) is 11.2. The van der Waals surface area contributed by atoms with Crippen molar-refractivity contribution in [1.29, 1.82) is 0 Å². The van der Waals surface area contributed by atoms with Crippen molar-refractivity contribution in [2.24, 2.45) is 0 Å². The number of benzene rings is 2. The quantitative estimate of drug-likeness (QED) is 0.530. The van der Waals surface area contributed by atoms with Crippen molar-refractivity contribution in [2.45, 2.75) is 17.6 Å². The molecule has 0 aliphatic heterocycles. The zero-order valence-corrected chi connectivity index (χ0v) is 12.8. The lowest BCUT2D eigenvalue weighted by atomic mass is 10.2. The molecule has 2 N–H and O–H groups in total. The van der Waals surface area contributed by atoms with Gasteiger partial charge >= 0.3 is 0 Å². The van der Waals surface area contributed by atoms with Gasteiger partial charge in [-0.2, -0.15) is 0 Å². The summed E-state index contributed by atoms with van der Waals surface area (Å²) in [6.07, 6.45) is 0. The van der Waals surface area contributed by atoms with Gasteiger partial charge in [0.05, 0.1) is 26.4 Å². The third-order valence-corrected chi connectivity index (χ3v) is 4.60. The molecule has 0 spiro atoms. The number of halogens is 1. The Morgan fingerprint density at radius 2 is 2.00 bits per heavy atom. The number of nitrogens with zero attached hydrogens (tertiary/aromatic N) is 1. The summed E-state index contributed by atoms with van der Waals surface area (Å²) < 4.78 is 12.4. The number of rotatable bonds is 4. The van der Waals surface area contributed by atoms with Gasteiger partial charge in [0.2, 0.25) is 0 Å². The summed E-state index contributed by atoms with van der Waals surface area (Å²) in [5, 5.41) is 11.3. The first kappa shape index (κ1) is 15.5. The molecular weight excluding hydrogens is 312 g/mol. The van der Waals surface area contributed by atoms with Gasteiger partial charge < -0.3 is 5.73 Å². The molecule has 0 fully saturated rings. The highest BCUT2D eigenvalue weighted by Crippen LogP contribution is 2.27. The van der Waals surface area contributed by atoms with E-state index in [9.17, 15) is 14.3 Å². The first-order valence-corrected chi connectivity index (χ1v) is 7.75. The van der Waals surface area contributed by atoms with E-state index in [1.54, 1.807) is 18.2 Å². The number of anilines is 1. The van der Waals surface area contributed by atoms with Crippen LogP contribution in [0, 0.1) is 17.0 Å². The summed E-state index contributed by atoms with van der Waals surface area (Å²) in [5.74, 6) is 0.0150. The van der Waals surface area contributed by atoms with Crippen LogP contribution < -0.4 is 5.73 Å². The second-order valence-electron chi connectivity index (χ2n) is 4.56. The molecule has 0 saturated carbocycles. The molecule has 0 aromatic heterocycles. The number of hydrogen-bond acceptors (Lipinski definition) is 4. The van der Waals surface area contributed by atoms with E-state index in [2.05, 4.69) is 0 Å². The molecule has 0 bridgehead atoms. The van der Waals surface area contributed by atoms with Gasteiger partial charge in [0.15, 0.2) is 0 Å². The Morgan fingerprint density at radius 3 is 2.67 bits per heavy atom. The molecule has 0 aliphatic rings. The maximum absolute atomic E-state index is 12.4. The zero-order chi connectivity index (χ0) is 15.6. The average molecular weight is 325 g/mol. The molecule has 5 nitrogen and oxygen atoms in total. The minimum absolute atomic E-state index is 0.0150. The summed E-state index contributed by atoms with van der Waals surface area (Å²) in [5.41, 5.74) is 7.39. The monoisotopic (exact) mass is 324 g/mol. The lowest BCUT2D eigenvalue weighted by molar-refractivity contribution is -0.385. The van der Waals surface area contributed by atoms with E-state index < -0.39 is 15.7 Å². The van der Waals surface area contributed by atoms with Gasteiger partial charge in [0.25, 0.3) is 5.69 Å². The van der Waals surface area contributed by atoms with Crippen LogP contribution in [-0.2, 0) is 16.6 Å². The lowest BCUT2D eigenvalue weighted by Crippen LogP contribution is -2.03. The lowest BCUT2D eigenvalue weighted by Gasteiger charge is -2.08. The highest BCUT2D eigenvalue weighted by atomic mass is 35.5. The Kier molecular flexibility index (Phi) is 4.59. The van der Waals surface area contributed by atoms with Gasteiger partial charge in [-0.3, -0.25) is 14.3 Å². The molecule has 21 heavy (non-hydrogen) atoms. The maximum Gasteiger partial charge on any atom is 0.275 e. The van der Waals surface area contributed by atoms with Gasteiger partial charge in [-0.05, 0) is 36.8 Å². The predicted octanol–water partition coefficient (Wildman–Crippen LogP) is 3.45. The predicted molar refractivity (Wildman–Crippen MR) is 83.8 cm³/mol. The number of aryl methyl sites for hydroxylation is 1. The van der Waals surface area contributed by atoms with Crippen molar-refractivity contribution in [1.82, 2.24) is 0 Å². The molecular formula is C14H13ClN2O3S. The van der Waals surface area contributed by atoms with Crippen LogP contribution in [0.25, 0.3) is 0 Å². The third kappa shape index (κ3) is 3.59. The fourth-order valence-electron chi connectivity index (χ4n) is 1.89. The van der Waals surface area contributed by atoms with Crippen LogP contribution in [0.5, 0.6) is 0 Å². The number of hydrogen-bond donors (Lipinski definition) is 1. The Balaban J connectivity index is 2.36. The van der Waals surface area contributed by atoms with Crippen molar-refractivity contribution in [3.63, 3.8) is 0 Å². The van der Waals surface area contributed by atoms with Crippen molar-refractivity contribution in [2.75, 3.05) is 5.73 Å². The molecule has 2 aromatic carbocycles. The maximum atomic E-state index is 12.4. The van der Waals surface area contributed by atoms with Crippen LogP contribution in [0.15, 0.2) is 41.3 Å². The average Bonchev–Trinajstić information content (AvgIpc) is 2.43. The highest BCUT2D eigenvalue weighted by Gasteiger charge is 2.18. The standard InChI is InChI=1S/C14H13ClN2O3S/c1-9-2-5-12(16)14(6-9)21(20)8-10-3-4-11(15)7-13(10)17(18)19/h2-7H,8,16H2,1H3. The van der Waals surface area contributed by atoms with Gasteiger partial charge in [0.1, 0.15) is 0 Å². The molecule has 2 rings (SSSR count). The number of nitrogen functional groups attached to an aromatic ring is 1. The SMILES string of the molecule is Cc1ccc(N)c(S(=O)Cc2ccc(Cl)cc2[N+](=O)[O-])c1. The van der Waals surface area contributed by atoms with E-state index in [-0.39, 0.29) is 16.5 Å². The van der Waals surface area contributed by atoms with Crippen LogP contribution in [0.2, 0.25) is 5.02 Å². The van der Waals surface area contributed by atoms with Crippen LogP contribution in [0.4, 0.5) is 11.4 Å². The fraction of sp³-hybridized carbons (Fsp3) is 0.143. The Morgan fingerprint density at radius 1 is 1.29 bits per heavy atom. The molecule has 0 radical (unpaired) electrons. The van der Waals surface area contributed by atoms with Crippen LogP contribution in [0.1, 0.15) is 11.1 Å². The summed E-state index contributed by atoms with van der Waals surface area (Å²) in [7, 11) is -1.46. The molecule has 7 heteroatoms. The molecule has 0 heterocycles. The number of nitro groups is 1. The molecule has 1 atom stereocenters. The van der Waals surface area contributed by atoms with E-state index in [1.807, 2.05) is 13.0 Å². The molecule has 0 amide bonds. The van der Waals surface area contributed by atoms with Crippen LogP contribution >= 0.6 is 11.6 Å². The summed E-state index contributed by atoms with van der Waals surface area (Å²) >= 11 is 5.76. The molecule has 1 unspecified atom stereocenters. The number of nitrogens with two attached hydrogens (primary N) is 1. The van der Waals surface area contributed by atoms with Crippen molar-refractivity contribution >= 4 is 33.8 Å². The molecule has 0 saturated heterocycles. The fourth-order valence-corrected chi connectivity index (χ4v) is 3.38. The van der Waals surface area contributed by atoms with E-state index in [0.717, 1.165) is 5.56 Å². The summed E-state index contributed by atoms with van der Waals surface area (Å²) in [4.78, 5) is 11.0. The first-order chi connectivity index (χ1) is 9.88. The van der Waals surface area contributed by atoms with Gasteiger partial charge in [-0.1, -0.05) is 17.7 Å². The van der Waals surface area contributed by atoms with Gasteiger partial charge in [-0.25, -0.2) is 0 Å². The van der Waals surface area contributed by atoms with Crippen molar-refractivity contribution in [3.05, 3.63) is 62.7 Å². The van der Waals surface area contributed by atoms with E-state index in [0.29, 0.717) is 16.1 Å². The largest absolute Gasteiger partial charge is 0.398 e. The highest BCUT2D eigenvalue weighted by molar-refractivity contribution is 7.84. The second kappa shape index (κ2) is 6.24. The third-order valence-electron chi connectivity index (χ3n) is 2.94. The summed E-state index contributed by atoms with van der Waals surface area (Å²) in [6, 6.07) is 9.55. The normalized spacial score (nSPS) is 12.1. The smallest absolute Gasteiger partial charge is 0.275 e. The Hall–Kier alpha value is -1.92. The van der Waals surface area contributed by atoms with E-state index in [4.69, 9.17) is 17.3 Å². The Labute approximate surface area is 129 Å². The topological polar surface area (TPSA) is 86.2 Å². The van der Waals surface area contributed by atoms with Crippen molar-refractivity contribution in [3.8, 4) is 0 Å². The first-order valence-electron chi connectivity index (χ1n) is 6.06. The Bertz CT molecular complexity index is 734. The minimum Gasteiger partial charge on any atom is -0.398 e. The molecule has 2 aromatic rings. The number of nitro benzene ring substituents is 1. The molecule has 110 valence electrons. The van der Waals surface area contributed by atoms with Crippen LogP contribution in [0.3, 0.4) is 0 Å². The minimum atomic E-state index is -1.46. The van der Waals surface area contributed by atoms with Crippen LogP contribution in [-0.4, -0.2) is 9.13 Å². The summed E-state index contributed by atoms with van der Waals surface area (Å²) in [6.45, 7) is 1.87. The van der Waals surface area contributed by atoms with Gasteiger partial charge in [-0.15, -0.1) is 0 Å². The second-order valence-corrected chi connectivity index (χ2v) is 6.42. The van der Waals surface area contributed by atoms with E-state index >= 15 is 0 Å². The van der Waals surface area contributed by atoms with Crippen molar-refractivity contribution < 1.29 is 9.13 Å². The molecule has 0 aliphatic carbocycles. The van der Waals surface area contributed by atoms with E-state index in [1.165, 1.54) is 12.1 Å². The van der Waals surface area contributed by atoms with Gasteiger partial charge in [0, 0.05) is 22.3 Å².